The molecule has 2 N–H and O–H groups in total. The molecule has 4 aromatic rings. The number of amides is 2. The number of benzene rings is 4. The van der Waals surface area contributed by atoms with E-state index in [-0.39, 0.29) is 41.5 Å². The van der Waals surface area contributed by atoms with Crippen LogP contribution in [0.25, 0.3) is 0 Å². The van der Waals surface area contributed by atoms with Gasteiger partial charge in [0, 0.05) is 43.6 Å². The van der Waals surface area contributed by atoms with E-state index in [1.54, 1.807) is 19.1 Å². The van der Waals surface area contributed by atoms with Crippen molar-refractivity contribution in [3.63, 3.8) is 0 Å². The van der Waals surface area contributed by atoms with E-state index in [4.69, 9.17) is 0 Å². The standard InChI is InChI=1S/C40H46FN3O2.ClH/c1-30-38-29-37(43-31(2)45)21-18-33(38)23-28-44(30)27-10-25-40(34-11-5-3-6-12-34,35-13-7-4-8-14-35)24-9-26-42-39(46)22-17-32-15-19-36(41)20-16-32;/h3-8,11-16,18-21,29-30H,9-10,17,22-28H2,1-2H3,(H,42,46)(H,43,45);1H. The molecule has 0 aliphatic carbocycles. The summed E-state index contributed by atoms with van der Waals surface area (Å²) in [7, 11) is 0. The number of aryl methyl sites for hydroxylation is 1. The van der Waals surface area contributed by atoms with Crippen LogP contribution in [0.5, 0.6) is 0 Å². The van der Waals surface area contributed by atoms with E-state index in [2.05, 4.69) is 95.3 Å². The molecule has 248 valence electrons. The summed E-state index contributed by atoms with van der Waals surface area (Å²) < 4.78 is 13.2. The van der Waals surface area contributed by atoms with Crippen molar-refractivity contribution in [2.75, 3.05) is 25.0 Å². The molecule has 1 aliphatic heterocycles. The van der Waals surface area contributed by atoms with Crippen molar-refractivity contribution in [2.24, 2.45) is 0 Å². The van der Waals surface area contributed by atoms with E-state index in [1.165, 1.54) is 34.4 Å². The molecule has 1 unspecified atom stereocenters. The molecule has 1 heterocycles. The molecule has 0 fully saturated rings. The van der Waals surface area contributed by atoms with Crippen molar-refractivity contribution < 1.29 is 14.0 Å². The van der Waals surface area contributed by atoms with Gasteiger partial charge >= 0.3 is 0 Å². The maximum Gasteiger partial charge on any atom is 0.221 e. The van der Waals surface area contributed by atoms with Crippen molar-refractivity contribution in [3.05, 3.63) is 137 Å². The minimum atomic E-state index is -0.262. The number of anilines is 1. The summed E-state index contributed by atoms with van der Waals surface area (Å²) in [4.78, 5) is 26.9. The van der Waals surface area contributed by atoms with Crippen molar-refractivity contribution in [3.8, 4) is 0 Å². The number of hydrogen-bond donors (Lipinski definition) is 2. The Labute approximate surface area is 285 Å². The zero-order valence-corrected chi connectivity index (χ0v) is 28.3. The Morgan fingerprint density at radius 1 is 0.872 bits per heavy atom. The Bertz CT molecular complexity index is 1540. The van der Waals surface area contributed by atoms with E-state index in [1.807, 2.05) is 6.07 Å². The first-order valence-corrected chi connectivity index (χ1v) is 16.6. The topological polar surface area (TPSA) is 61.4 Å². The highest BCUT2D eigenvalue weighted by atomic mass is 35.5. The molecule has 0 aromatic heterocycles. The van der Waals surface area contributed by atoms with E-state index >= 15 is 0 Å². The normalized spacial score (nSPS) is 14.5. The van der Waals surface area contributed by atoms with E-state index < -0.39 is 0 Å². The first kappa shape index (κ1) is 35.8. The van der Waals surface area contributed by atoms with Gasteiger partial charge in [-0.2, -0.15) is 0 Å². The number of rotatable bonds is 14. The second-order valence-corrected chi connectivity index (χ2v) is 12.6. The lowest BCUT2D eigenvalue weighted by Crippen LogP contribution is -2.36. The maximum absolute atomic E-state index is 13.2. The van der Waals surface area contributed by atoms with Gasteiger partial charge in [0.15, 0.2) is 0 Å². The number of hydrogen-bond acceptors (Lipinski definition) is 3. The molecule has 47 heavy (non-hydrogen) atoms. The van der Waals surface area contributed by atoms with Crippen LogP contribution in [0.1, 0.15) is 79.8 Å². The SMILES string of the molecule is CC(=O)Nc1ccc2c(c1)C(C)N(CCCC(CCCNC(=O)CCc1ccc(F)cc1)(c1ccccc1)c1ccccc1)CC2.Cl. The van der Waals surface area contributed by atoms with Crippen LogP contribution in [0.4, 0.5) is 10.1 Å². The van der Waals surface area contributed by atoms with Crippen LogP contribution in [0, 0.1) is 5.82 Å². The molecule has 0 saturated carbocycles. The number of carbonyl (C=O) groups excluding carboxylic acids is 2. The van der Waals surface area contributed by atoms with Crippen molar-refractivity contribution >= 4 is 29.9 Å². The van der Waals surface area contributed by atoms with E-state index in [9.17, 15) is 14.0 Å². The van der Waals surface area contributed by atoms with Gasteiger partial charge in [0.05, 0.1) is 0 Å². The fourth-order valence-electron chi connectivity index (χ4n) is 7.04. The van der Waals surface area contributed by atoms with Crippen LogP contribution in [0.2, 0.25) is 0 Å². The highest BCUT2D eigenvalue weighted by Gasteiger charge is 2.34. The third-order valence-corrected chi connectivity index (χ3v) is 9.49. The maximum atomic E-state index is 13.2. The van der Waals surface area contributed by atoms with E-state index in [0.29, 0.717) is 19.4 Å². The Balaban J connectivity index is 0.00000500. The Morgan fingerprint density at radius 3 is 2.15 bits per heavy atom. The summed E-state index contributed by atoms with van der Waals surface area (Å²) in [6, 6.07) is 34.6. The zero-order chi connectivity index (χ0) is 32.4. The van der Waals surface area contributed by atoms with E-state index in [0.717, 1.165) is 56.4 Å². The van der Waals surface area contributed by atoms with Crippen molar-refractivity contribution in [2.45, 2.75) is 70.3 Å². The highest BCUT2D eigenvalue weighted by molar-refractivity contribution is 5.88. The fourth-order valence-corrected chi connectivity index (χ4v) is 7.04. The second kappa shape index (κ2) is 17.2. The first-order chi connectivity index (χ1) is 22.3. The predicted octanol–water partition coefficient (Wildman–Crippen LogP) is 8.42. The van der Waals surface area contributed by atoms with Gasteiger partial charge < -0.3 is 10.6 Å². The Kier molecular flexibility index (Phi) is 13.1. The van der Waals surface area contributed by atoms with Gasteiger partial charge in [-0.1, -0.05) is 78.9 Å². The van der Waals surface area contributed by atoms with Crippen LogP contribution >= 0.6 is 12.4 Å². The molecule has 5 rings (SSSR count). The van der Waals surface area contributed by atoms with Crippen molar-refractivity contribution in [1.29, 1.82) is 0 Å². The third kappa shape index (κ3) is 9.52. The second-order valence-electron chi connectivity index (χ2n) is 12.6. The lowest BCUT2D eigenvalue weighted by Gasteiger charge is -2.39. The number of halogens is 2. The molecule has 0 bridgehead atoms. The van der Waals surface area contributed by atoms with Crippen molar-refractivity contribution in [1.82, 2.24) is 10.2 Å². The third-order valence-electron chi connectivity index (χ3n) is 9.49. The Morgan fingerprint density at radius 2 is 1.51 bits per heavy atom. The minimum absolute atomic E-state index is 0. The van der Waals surface area contributed by atoms with Gasteiger partial charge in [-0.15, -0.1) is 12.4 Å². The monoisotopic (exact) mass is 655 g/mol. The van der Waals surface area contributed by atoms with Crippen LogP contribution in [-0.2, 0) is 27.8 Å². The summed E-state index contributed by atoms with van der Waals surface area (Å²) in [5.74, 6) is -0.292. The largest absolute Gasteiger partial charge is 0.356 e. The molecule has 0 radical (unpaired) electrons. The van der Waals surface area contributed by atoms with Gasteiger partial charge in [-0.3, -0.25) is 14.5 Å². The summed E-state index contributed by atoms with van der Waals surface area (Å²) in [5.41, 5.74) is 6.90. The smallest absolute Gasteiger partial charge is 0.221 e. The molecular weight excluding hydrogens is 609 g/mol. The van der Waals surface area contributed by atoms with Gasteiger partial charge in [0.25, 0.3) is 0 Å². The van der Waals surface area contributed by atoms with Gasteiger partial charge in [0.1, 0.15) is 5.82 Å². The molecule has 1 aliphatic rings. The van der Waals surface area contributed by atoms with Crippen LogP contribution in [0.15, 0.2) is 103 Å². The van der Waals surface area contributed by atoms with Gasteiger partial charge in [-0.25, -0.2) is 4.39 Å². The van der Waals surface area contributed by atoms with Crippen LogP contribution in [-0.4, -0.2) is 36.3 Å². The number of nitrogens with zero attached hydrogens (tertiary/aromatic N) is 1. The molecule has 5 nitrogen and oxygen atoms in total. The zero-order valence-electron chi connectivity index (χ0n) is 27.5. The number of fused-ring (bicyclic) bond motifs is 1. The average Bonchev–Trinajstić information content (AvgIpc) is 3.07. The number of nitrogens with one attached hydrogen (secondary N) is 2. The molecule has 0 saturated heterocycles. The summed E-state index contributed by atoms with van der Waals surface area (Å²) in [6.45, 7) is 6.43. The lowest BCUT2D eigenvalue weighted by atomic mass is 9.68. The molecule has 4 aromatic carbocycles. The fraction of sp³-hybridized carbons (Fsp3) is 0.350. The predicted molar refractivity (Wildman–Crippen MR) is 192 cm³/mol. The molecule has 7 heteroatoms. The minimum Gasteiger partial charge on any atom is -0.356 e. The average molecular weight is 656 g/mol. The molecule has 0 spiro atoms. The molecular formula is C40H47ClFN3O2. The summed E-state index contributed by atoms with van der Waals surface area (Å²) in [5, 5.41) is 6.07. The van der Waals surface area contributed by atoms with Crippen LogP contribution < -0.4 is 10.6 Å². The summed E-state index contributed by atoms with van der Waals surface area (Å²) >= 11 is 0. The lowest BCUT2D eigenvalue weighted by molar-refractivity contribution is -0.121. The molecule has 1 atom stereocenters. The molecule has 2 amide bonds. The van der Waals surface area contributed by atoms with Gasteiger partial charge in [-0.05, 0) is 104 Å². The van der Waals surface area contributed by atoms with Gasteiger partial charge in [0.2, 0.25) is 11.8 Å². The number of carbonyl (C=O) groups is 2. The quantitative estimate of drug-likeness (QED) is 0.134. The Hall–Kier alpha value is -4.00. The highest BCUT2D eigenvalue weighted by Crippen LogP contribution is 2.41. The van der Waals surface area contributed by atoms with Crippen LogP contribution in [0.3, 0.4) is 0 Å². The summed E-state index contributed by atoms with van der Waals surface area (Å²) in [6.07, 6.45) is 5.77. The first-order valence-electron chi connectivity index (χ1n) is 16.6.